The predicted molar refractivity (Wildman–Crippen MR) is 75.8 cm³/mol. The topological polar surface area (TPSA) is 184 Å². The fraction of sp³-hybridized carbons (Fsp3) is 0.333. The highest BCUT2D eigenvalue weighted by Crippen LogP contribution is 1.96. The number of aromatic nitrogens is 4. The summed E-state index contributed by atoms with van der Waals surface area (Å²) in [5.74, 6) is -2.01. The first-order chi connectivity index (χ1) is 10.4. The third-order valence-electron chi connectivity index (χ3n) is 2.60. The maximum Gasteiger partial charge on any atom is 0.320 e. The summed E-state index contributed by atoms with van der Waals surface area (Å²) in [6.45, 7) is 0. The van der Waals surface area contributed by atoms with Gasteiger partial charge < -0.3 is 31.6 Å². The zero-order valence-electron chi connectivity index (χ0n) is 11.6. The molecule has 8 N–H and O–H groups in total. The van der Waals surface area contributed by atoms with Crippen molar-refractivity contribution >= 4 is 11.9 Å². The van der Waals surface area contributed by atoms with Gasteiger partial charge in [-0.2, -0.15) is 0 Å². The van der Waals surface area contributed by atoms with Gasteiger partial charge in [-0.15, -0.1) is 0 Å². The molecule has 0 saturated heterocycles. The summed E-state index contributed by atoms with van der Waals surface area (Å²) in [7, 11) is 0. The number of nitrogens with zero attached hydrogens (tertiary/aromatic N) is 2. The number of nitrogens with two attached hydrogens (primary N) is 2. The van der Waals surface area contributed by atoms with Crippen LogP contribution in [0.25, 0.3) is 0 Å². The number of hydrogen-bond acceptors (Lipinski definition) is 6. The number of rotatable bonds is 6. The average Bonchev–Trinajstić information content (AvgIpc) is 3.12. The van der Waals surface area contributed by atoms with Gasteiger partial charge in [-0.05, 0) is 0 Å². The van der Waals surface area contributed by atoms with E-state index in [1.165, 1.54) is 12.7 Å². The molecule has 2 aromatic rings. The lowest BCUT2D eigenvalue weighted by Gasteiger charge is -2.01. The molecule has 2 atom stereocenters. The smallest absolute Gasteiger partial charge is 0.320 e. The van der Waals surface area contributed by atoms with Gasteiger partial charge in [-0.25, -0.2) is 9.97 Å². The van der Waals surface area contributed by atoms with Crippen molar-refractivity contribution in [2.45, 2.75) is 24.9 Å². The van der Waals surface area contributed by atoms with Crippen molar-refractivity contribution in [2.75, 3.05) is 0 Å². The Morgan fingerprint density at radius 3 is 1.55 bits per heavy atom. The molecule has 10 heteroatoms. The third kappa shape index (κ3) is 6.15. The molecule has 0 aliphatic rings. The molecule has 0 amide bonds. The van der Waals surface area contributed by atoms with Crippen molar-refractivity contribution < 1.29 is 19.8 Å². The Morgan fingerprint density at radius 2 is 1.32 bits per heavy atom. The molecule has 1 unspecified atom stereocenters. The number of aromatic amines is 2. The predicted octanol–water partition coefficient (Wildman–Crippen LogP) is -1.27. The van der Waals surface area contributed by atoms with Crippen LogP contribution in [0.2, 0.25) is 0 Å². The van der Waals surface area contributed by atoms with Crippen LogP contribution in [0.3, 0.4) is 0 Å². The average molecular weight is 310 g/mol. The van der Waals surface area contributed by atoms with Crippen LogP contribution in [-0.4, -0.2) is 54.2 Å². The Morgan fingerprint density at radius 1 is 0.955 bits per heavy atom. The van der Waals surface area contributed by atoms with Crippen LogP contribution in [-0.2, 0) is 22.4 Å². The molecule has 10 nitrogen and oxygen atoms in total. The zero-order valence-corrected chi connectivity index (χ0v) is 11.6. The summed E-state index contributed by atoms with van der Waals surface area (Å²) in [5, 5.41) is 16.8. The van der Waals surface area contributed by atoms with Gasteiger partial charge in [0, 0.05) is 25.2 Å². The minimum atomic E-state index is -1.01. The molecule has 22 heavy (non-hydrogen) atoms. The minimum Gasteiger partial charge on any atom is -0.480 e. The van der Waals surface area contributed by atoms with Crippen molar-refractivity contribution in [3.63, 3.8) is 0 Å². The van der Waals surface area contributed by atoms with E-state index in [9.17, 15) is 9.59 Å². The Hall–Kier alpha value is -2.72. The van der Waals surface area contributed by atoms with E-state index < -0.39 is 24.0 Å². The lowest BCUT2D eigenvalue weighted by atomic mass is 10.2. The fourth-order valence-corrected chi connectivity index (χ4v) is 1.43. The van der Waals surface area contributed by atoms with Gasteiger partial charge in [0.05, 0.1) is 24.0 Å². The van der Waals surface area contributed by atoms with Crippen LogP contribution < -0.4 is 11.5 Å². The van der Waals surface area contributed by atoms with E-state index in [1.54, 1.807) is 12.4 Å². The molecule has 2 aromatic heterocycles. The van der Waals surface area contributed by atoms with Gasteiger partial charge in [0.1, 0.15) is 12.1 Å². The Kier molecular flexibility index (Phi) is 6.73. The molecule has 2 rings (SSSR count). The van der Waals surface area contributed by atoms with Crippen LogP contribution in [0.15, 0.2) is 25.0 Å². The molecular formula is C12H18N6O4. The first-order valence-corrected chi connectivity index (χ1v) is 6.32. The van der Waals surface area contributed by atoms with Gasteiger partial charge in [-0.1, -0.05) is 0 Å². The van der Waals surface area contributed by atoms with Gasteiger partial charge in [0.15, 0.2) is 0 Å². The zero-order chi connectivity index (χ0) is 16.5. The fourth-order valence-electron chi connectivity index (χ4n) is 1.43. The molecule has 0 spiro atoms. The second-order valence-corrected chi connectivity index (χ2v) is 4.42. The number of aliphatic carboxylic acids is 2. The first-order valence-electron chi connectivity index (χ1n) is 6.32. The second-order valence-electron chi connectivity index (χ2n) is 4.42. The number of hydrogen-bond donors (Lipinski definition) is 6. The van der Waals surface area contributed by atoms with Crippen LogP contribution in [0.5, 0.6) is 0 Å². The highest BCUT2D eigenvalue weighted by molar-refractivity contribution is 5.73. The summed E-state index contributed by atoms with van der Waals surface area (Å²) in [6.07, 6.45) is 6.76. The molecule has 0 aliphatic heterocycles. The molecule has 120 valence electrons. The van der Waals surface area contributed by atoms with Crippen molar-refractivity contribution in [1.82, 2.24) is 19.9 Å². The first kappa shape index (κ1) is 17.3. The number of imidazole rings is 2. The Labute approximate surface area is 125 Å². The van der Waals surface area contributed by atoms with E-state index in [0.717, 1.165) is 0 Å². The number of H-pyrrole nitrogens is 2. The highest BCUT2D eigenvalue weighted by Gasteiger charge is 2.13. The number of carboxylic acid groups (broad SMARTS) is 2. The van der Waals surface area contributed by atoms with E-state index in [0.29, 0.717) is 11.4 Å². The number of nitrogens with one attached hydrogen (secondary N) is 2. The van der Waals surface area contributed by atoms with E-state index in [1.807, 2.05) is 0 Å². The Bertz CT molecular complexity index is 516. The number of carboxylic acids is 2. The standard InChI is InChI=1S/2C6H9N3O2/c2*7-5(6(10)11)1-4-2-8-3-9-4/h2*2-3,5H,1,7H2,(H,8,9)(H,10,11)/t5-;/m0./s1. The van der Waals surface area contributed by atoms with E-state index in [-0.39, 0.29) is 12.8 Å². The largest absolute Gasteiger partial charge is 0.480 e. The second kappa shape index (κ2) is 8.54. The van der Waals surface area contributed by atoms with Crippen molar-refractivity contribution in [2.24, 2.45) is 11.5 Å². The van der Waals surface area contributed by atoms with E-state index >= 15 is 0 Å². The molecule has 0 aliphatic carbocycles. The molecule has 2 heterocycles. The molecule has 0 fully saturated rings. The van der Waals surface area contributed by atoms with Crippen molar-refractivity contribution in [1.29, 1.82) is 0 Å². The summed E-state index contributed by atoms with van der Waals surface area (Å²) in [6, 6.07) is -1.73. The maximum absolute atomic E-state index is 10.3. The van der Waals surface area contributed by atoms with E-state index in [4.69, 9.17) is 21.7 Å². The monoisotopic (exact) mass is 310 g/mol. The normalized spacial score (nSPS) is 12.8. The summed E-state index contributed by atoms with van der Waals surface area (Å²) < 4.78 is 0. The molecule has 0 aromatic carbocycles. The lowest BCUT2D eigenvalue weighted by molar-refractivity contribution is -0.139. The van der Waals surface area contributed by atoms with Crippen LogP contribution in [0.4, 0.5) is 0 Å². The lowest BCUT2D eigenvalue weighted by Crippen LogP contribution is -2.32. The molecule has 0 radical (unpaired) electrons. The van der Waals surface area contributed by atoms with Gasteiger partial charge >= 0.3 is 11.9 Å². The molecule has 0 saturated carbocycles. The number of carbonyl (C=O) groups is 2. The maximum atomic E-state index is 10.3. The van der Waals surface area contributed by atoms with Crippen LogP contribution in [0.1, 0.15) is 11.4 Å². The van der Waals surface area contributed by atoms with E-state index in [2.05, 4.69) is 19.9 Å². The van der Waals surface area contributed by atoms with Gasteiger partial charge in [-0.3, -0.25) is 9.59 Å². The van der Waals surface area contributed by atoms with Crippen molar-refractivity contribution in [3.05, 3.63) is 36.4 Å². The summed E-state index contributed by atoms with van der Waals surface area (Å²) in [5.41, 5.74) is 11.8. The Balaban J connectivity index is 0.000000220. The van der Waals surface area contributed by atoms with Crippen LogP contribution in [0, 0.1) is 0 Å². The third-order valence-corrected chi connectivity index (χ3v) is 2.60. The quantitative estimate of drug-likeness (QED) is 0.381. The SMILES string of the molecule is NC(Cc1c[nH]cn1)C(=O)O.N[C@@H](Cc1c[nH]cn1)C(=O)O. The van der Waals surface area contributed by atoms with Crippen molar-refractivity contribution in [3.8, 4) is 0 Å². The van der Waals surface area contributed by atoms with Crippen LogP contribution >= 0.6 is 0 Å². The van der Waals surface area contributed by atoms with Gasteiger partial charge in [0.2, 0.25) is 0 Å². The summed E-state index contributed by atoms with van der Waals surface area (Å²) in [4.78, 5) is 33.6. The minimum absolute atomic E-state index is 0.263. The summed E-state index contributed by atoms with van der Waals surface area (Å²) >= 11 is 0. The molecule has 0 bridgehead atoms. The molecular weight excluding hydrogens is 292 g/mol. The van der Waals surface area contributed by atoms with Gasteiger partial charge in [0.25, 0.3) is 0 Å². The highest BCUT2D eigenvalue weighted by atomic mass is 16.4.